The van der Waals surface area contributed by atoms with Crippen molar-refractivity contribution in [3.8, 4) is 0 Å². The van der Waals surface area contributed by atoms with Crippen LogP contribution in [0, 0.1) is 6.92 Å². The van der Waals surface area contributed by atoms with Crippen molar-refractivity contribution in [2.24, 2.45) is 0 Å². The molecule has 0 aliphatic heterocycles. The third-order valence-corrected chi connectivity index (χ3v) is 4.44. The molecular formula is C13H19N2O6P. The molecule has 1 aliphatic rings. The second kappa shape index (κ2) is 6.75. The van der Waals surface area contributed by atoms with E-state index in [2.05, 4.69) is 4.98 Å². The highest BCUT2D eigenvalue weighted by Gasteiger charge is 2.26. The molecule has 0 fully saturated rings. The number of allylic oxidation sites excluding steroid dienone is 1. The standard InChI is InChI=1S/C13H19N2O6P/c1-3-21-22(18,19)8-20-11-5-4-10(6-11)15-7-9(2)12(16)14-13(15)17/h4-5,7,10-11H,3,6,8H2,1-2H3,(H,18,19)(H,14,16,17)/t10-,11+/m0/s1. The number of nitrogens with one attached hydrogen (secondary N) is 1. The maximum atomic E-state index is 11.8. The quantitative estimate of drug-likeness (QED) is 0.592. The fourth-order valence-corrected chi connectivity index (χ4v) is 3.10. The summed E-state index contributed by atoms with van der Waals surface area (Å²) in [5.74, 6) is 0. The Morgan fingerprint density at radius 3 is 2.86 bits per heavy atom. The lowest BCUT2D eigenvalue weighted by Gasteiger charge is -2.17. The molecule has 122 valence electrons. The molecule has 1 heterocycles. The van der Waals surface area contributed by atoms with Gasteiger partial charge in [0, 0.05) is 18.2 Å². The number of hydrogen-bond donors (Lipinski definition) is 2. The molecule has 1 unspecified atom stereocenters. The van der Waals surface area contributed by atoms with Crippen molar-refractivity contribution in [2.45, 2.75) is 32.4 Å². The van der Waals surface area contributed by atoms with Gasteiger partial charge in [-0.1, -0.05) is 12.2 Å². The number of nitrogens with zero attached hydrogens (tertiary/aromatic N) is 1. The molecular weight excluding hydrogens is 311 g/mol. The van der Waals surface area contributed by atoms with Crippen LogP contribution in [0.2, 0.25) is 0 Å². The van der Waals surface area contributed by atoms with E-state index < -0.39 is 25.2 Å². The molecule has 2 rings (SSSR count). The van der Waals surface area contributed by atoms with Crippen molar-refractivity contribution in [3.05, 3.63) is 44.8 Å². The van der Waals surface area contributed by atoms with E-state index in [1.165, 1.54) is 10.8 Å². The Labute approximate surface area is 126 Å². The van der Waals surface area contributed by atoms with E-state index in [4.69, 9.17) is 9.26 Å². The van der Waals surface area contributed by atoms with E-state index >= 15 is 0 Å². The predicted molar refractivity (Wildman–Crippen MR) is 80.0 cm³/mol. The number of ether oxygens (including phenoxy) is 1. The van der Waals surface area contributed by atoms with Gasteiger partial charge in [-0.2, -0.15) is 0 Å². The summed E-state index contributed by atoms with van der Waals surface area (Å²) in [5.41, 5.74) is -0.462. The molecule has 1 aliphatic carbocycles. The van der Waals surface area contributed by atoms with Crippen LogP contribution in [0.5, 0.6) is 0 Å². The van der Waals surface area contributed by atoms with Crippen LogP contribution >= 0.6 is 7.60 Å². The van der Waals surface area contributed by atoms with Gasteiger partial charge in [-0.25, -0.2) is 4.79 Å². The van der Waals surface area contributed by atoms with Crippen molar-refractivity contribution < 1.29 is 18.7 Å². The summed E-state index contributed by atoms with van der Waals surface area (Å²) in [7, 11) is -3.73. The molecule has 8 nitrogen and oxygen atoms in total. The van der Waals surface area contributed by atoms with Crippen LogP contribution in [-0.4, -0.2) is 33.5 Å². The number of hydrogen-bond acceptors (Lipinski definition) is 5. The summed E-state index contributed by atoms with van der Waals surface area (Å²) < 4.78 is 23.0. The molecule has 1 aromatic heterocycles. The minimum absolute atomic E-state index is 0.131. The molecule has 9 heteroatoms. The smallest absolute Gasteiger partial charge is 0.353 e. The molecule has 0 spiro atoms. The maximum absolute atomic E-state index is 11.8. The van der Waals surface area contributed by atoms with E-state index in [1.807, 2.05) is 0 Å². The van der Waals surface area contributed by atoms with Crippen molar-refractivity contribution >= 4 is 7.60 Å². The summed E-state index contributed by atoms with van der Waals surface area (Å²) in [4.78, 5) is 34.9. The van der Waals surface area contributed by atoms with E-state index in [0.29, 0.717) is 12.0 Å². The summed E-state index contributed by atoms with van der Waals surface area (Å²) in [6.07, 6.45) is 4.65. The van der Waals surface area contributed by atoms with E-state index in [1.54, 1.807) is 26.0 Å². The van der Waals surface area contributed by atoms with Gasteiger partial charge in [0.25, 0.3) is 5.56 Å². The first-order valence-corrected chi connectivity index (χ1v) is 8.67. The molecule has 1 aromatic rings. The zero-order valence-electron chi connectivity index (χ0n) is 12.4. The molecule has 0 amide bonds. The summed E-state index contributed by atoms with van der Waals surface area (Å²) in [5, 5.41) is 0. The summed E-state index contributed by atoms with van der Waals surface area (Å²) in [6, 6.07) is -0.266. The SMILES string of the molecule is CCOP(=O)(O)CO[C@@H]1C=C[C@H](n2cc(C)c(=O)[nH]c2=O)C1. The molecule has 0 bridgehead atoms. The van der Waals surface area contributed by atoms with Crippen molar-refractivity contribution in [3.63, 3.8) is 0 Å². The number of H-pyrrole nitrogens is 1. The highest BCUT2D eigenvalue weighted by atomic mass is 31.2. The van der Waals surface area contributed by atoms with Crippen molar-refractivity contribution in [1.82, 2.24) is 9.55 Å². The van der Waals surface area contributed by atoms with Gasteiger partial charge in [0.15, 0.2) is 0 Å². The molecule has 22 heavy (non-hydrogen) atoms. The zero-order valence-corrected chi connectivity index (χ0v) is 13.3. The minimum atomic E-state index is -3.73. The Kier molecular flexibility index (Phi) is 5.18. The second-order valence-electron chi connectivity index (χ2n) is 5.06. The van der Waals surface area contributed by atoms with E-state index in [0.717, 1.165) is 0 Å². The number of aromatic nitrogens is 2. The Bertz CT molecular complexity index is 722. The zero-order chi connectivity index (χ0) is 16.3. The average molecular weight is 330 g/mol. The monoisotopic (exact) mass is 330 g/mol. The van der Waals surface area contributed by atoms with Gasteiger partial charge >= 0.3 is 13.3 Å². The average Bonchev–Trinajstić information content (AvgIpc) is 2.89. The van der Waals surface area contributed by atoms with Gasteiger partial charge in [-0.3, -0.25) is 18.9 Å². The van der Waals surface area contributed by atoms with Gasteiger partial charge in [0.2, 0.25) is 0 Å². The normalized spacial score (nSPS) is 23.6. The Morgan fingerprint density at radius 2 is 2.18 bits per heavy atom. The second-order valence-corrected chi connectivity index (χ2v) is 6.85. The molecule has 0 saturated heterocycles. The fraction of sp³-hybridized carbons (Fsp3) is 0.538. The summed E-state index contributed by atoms with van der Waals surface area (Å²) >= 11 is 0. The van der Waals surface area contributed by atoms with Crippen LogP contribution in [0.3, 0.4) is 0 Å². The van der Waals surface area contributed by atoms with Crippen LogP contribution < -0.4 is 11.2 Å². The summed E-state index contributed by atoms with van der Waals surface area (Å²) in [6.45, 7) is 3.37. The van der Waals surface area contributed by atoms with Crippen LogP contribution in [0.25, 0.3) is 0 Å². The van der Waals surface area contributed by atoms with Crippen LogP contribution in [0.4, 0.5) is 0 Å². The Morgan fingerprint density at radius 1 is 1.45 bits per heavy atom. The fourth-order valence-electron chi connectivity index (χ4n) is 2.24. The van der Waals surface area contributed by atoms with Gasteiger partial charge in [-0.05, 0) is 13.8 Å². The molecule has 0 aromatic carbocycles. The highest BCUT2D eigenvalue weighted by Crippen LogP contribution is 2.42. The number of aryl methyl sites for hydroxylation is 1. The third kappa shape index (κ3) is 4.04. The van der Waals surface area contributed by atoms with Gasteiger partial charge in [-0.15, -0.1) is 0 Å². The minimum Gasteiger partial charge on any atom is -0.361 e. The topological polar surface area (TPSA) is 111 Å². The third-order valence-electron chi connectivity index (χ3n) is 3.31. The number of aromatic amines is 1. The van der Waals surface area contributed by atoms with Gasteiger partial charge in [0.1, 0.15) is 6.35 Å². The van der Waals surface area contributed by atoms with Gasteiger partial charge in [0.05, 0.1) is 18.8 Å². The Hall–Kier alpha value is -1.47. The lowest BCUT2D eigenvalue weighted by Crippen LogP contribution is -2.32. The van der Waals surface area contributed by atoms with E-state index in [9.17, 15) is 19.0 Å². The molecule has 0 radical (unpaired) electrons. The maximum Gasteiger partial charge on any atom is 0.353 e. The lowest BCUT2D eigenvalue weighted by molar-refractivity contribution is 0.0963. The first-order valence-electron chi connectivity index (χ1n) is 6.90. The molecule has 2 N–H and O–H groups in total. The van der Waals surface area contributed by atoms with Crippen LogP contribution in [0.15, 0.2) is 27.9 Å². The van der Waals surface area contributed by atoms with Crippen LogP contribution in [0.1, 0.15) is 24.9 Å². The molecule has 0 saturated carbocycles. The van der Waals surface area contributed by atoms with Crippen molar-refractivity contribution in [1.29, 1.82) is 0 Å². The first-order chi connectivity index (χ1) is 10.3. The largest absolute Gasteiger partial charge is 0.361 e. The van der Waals surface area contributed by atoms with E-state index in [-0.39, 0.29) is 18.8 Å². The van der Waals surface area contributed by atoms with Gasteiger partial charge < -0.3 is 14.2 Å². The number of rotatable bonds is 6. The highest BCUT2D eigenvalue weighted by molar-refractivity contribution is 7.52. The lowest BCUT2D eigenvalue weighted by atomic mass is 10.2. The first kappa shape index (κ1) is 16.9. The predicted octanol–water partition coefficient (Wildman–Crippen LogP) is 0.911. The van der Waals surface area contributed by atoms with Crippen LogP contribution in [-0.2, 0) is 13.8 Å². The molecule has 3 atom stereocenters. The Balaban J connectivity index is 2.01. The van der Waals surface area contributed by atoms with Crippen molar-refractivity contribution in [2.75, 3.05) is 13.0 Å².